The summed E-state index contributed by atoms with van der Waals surface area (Å²) in [6, 6.07) is 4.21. The Morgan fingerprint density at radius 2 is 2.05 bits per heavy atom. The van der Waals surface area contributed by atoms with Gasteiger partial charge in [0.15, 0.2) is 11.5 Å². The van der Waals surface area contributed by atoms with Gasteiger partial charge in [0.25, 0.3) is 0 Å². The average molecular weight is 277 g/mol. The zero-order chi connectivity index (χ0) is 13.7. The van der Waals surface area contributed by atoms with Gasteiger partial charge in [0, 0.05) is 11.4 Å². The number of hydrogen-bond donors (Lipinski definition) is 1. The van der Waals surface area contributed by atoms with Gasteiger partial charge in [-0.05, 0) is 30.4 Å². The van der Waals surface area contributed by atoms with Crippen LogP contribution in [-0.2, 0) is 6.54 Å². The van der Waals surface area contributed by atoms with Gasteiger partial charge in [-0.2, -0.15) is 0 Å². The van der Waals surface area contributed by atoms with E-state index in [9.17, 15) is 0 Å². The number of fused-ring (bicyclic) bond motifs is 1. The number of nitrogens with one attached hydrogen (secondary N) is 1. The number of ether oxygens (including phenoxy) is 2. The van der Waals surface area contributed by atoms with Crippen molar-refractivity contribution in [1.82, 2.24) is 5.32 Å². The third kappa shape index (κ3) is 3.37. The first-order valence-corrected chi connectivity index (χ1v) is 7.67. The molecule has 0 fully saturated rings. The topological polar surface area (TPSA) is 30.5 Å². The van der Waals surface area contributed by atoms with Crippen LogP contribution in [0.5, 0.6) is 11.5 Å². The molecule has 1 unspecified atom stereocenters. The van der Waals surface area contributed by atoms with E-state index in [1.54, 1.807) is 11.8 Å². The Bertz CT molecular complexity index is 482. The van der Waals surface area contributed by atoms with E-state index >= 15 is 0 Å². The van der Waals surface area contributed by atoms with Crippen LogP contribution in [0, 0.1) is 12.3 Å². The van der Waals surface area contributed by atoms with E-state index in [-0.39, 0.29) is 6.04 Å². The number of thioether (sulfide) groups is 1. The summed E-state index contributed by atoms with van der Waals surface area (Å²) >= 11 is 1.71. The summed E-state index contributed by atoms with van der Waals surface area (Å²) in [6.07, 6.45) is 8.46. The summed E-state index contributed by atoms with van der Waals surface area (Å²) in [4.78, 5) is 1.20. The van der Waals surface area contributed by atoms with Crippen LogP contribution in [-0.4, -0.2) is 25.5 Å². The van der Waals surface area contributed by atoms with Gasteiger partial charge in [0.2, 0.25) is 0 Å². The summed E-state index contributed by atoms with van der Waals surface area (Å²) in [7, 11) is 0. The number of hydrogen-bond acceptors (Lipinski definition) is 4. The monoisotopic (exact) mass is 277 g/mol. The predicted molar refractivity (Wildman–Crippen MR) is 79.0 cm³/mol. The van der Waals surface area contributed by atoms with Crippen LogP contribution in [0.3, 0.4) is 0 Å². The standard InChI is InChI=1S/C15H19NO2S/c1-4-12(5-2)16-10-11-8-13-14(9-15(11)19-3)18-7-6-17-13/h1,8-9,12,16H,5-7,10H2,2-3H3. The molecule has 1 N–H and O–H groups in total. The smallest absolute Gasteiger partial charge is 0.162 e. The molecule has 0 amide bonds. The van der Waals surface area contributed by atoms with Gasteiger partial charge in [-0.1, -0.05) is 12.8 Å². The first-order valence-electron chi connectivity index (χ1n) is 6.44. The van der Waals surface area contributed by atoms with Gasteiger partial charge in [-0.25, -0.2) is 0 Å². The van der Waals surface area contributed by atoms with Gasteiger partial charge in [-0.15, -0.1) is 18.2 Å². The van der Waals surface area contributed by atoms with Gasteiger partial charge < -0.3 is 9.47 Å². The Morgan fingerprint density at radius 3 is 2.63 bits per heavy atom. The molecule has 2 rings (SSSR count). The van der Waals surface area contributed by atoms with Crippen molar-refractivity contribution < 1.29 is 9.47 Å². The van der Waals surface area contributed by atoms with Gasteiger partial charge in [0.05, 0.1) is 6.04 Å². The molecule has 19 heavy (non-hydrogen) atoms. The quantitative estimate of drug-likeness (QED) is 0.662. The second-order valence-corrected chi connectivity index (χ2v) is 5.16. The molecule has 1 aromatic rings. The molecule has 0 saturated carbocycles. The molecule has 4 heteroatoms. The molecular weight excluding hydrogens is 258 g/mol. The normalized spacial score (nSPS) is 14.8. The molecule has 3 nitrogen and oxygen atoms in total. The van der Waals surface area contributed by atoms with E-state index in [2.05, 4.69) is 30.5 Å². The molecule has 1 atom stereocenters. The lowest BCUT2D eigenvalue weighted by Gasteiger charge is -2.21. The Kier molecular flexibility index (Phi) is 5.00. The first-order chi connectivity index (χ1) is 9.28. The predicted octanol–water partition coefficient (Wildman–Crippen LogP) is 2.68. The fourth-order valence-electron chi connectivity index (χ4n) is 1.99. The zero-order valence-electron chi connectivity index (χ0n) is 11.4. The lowest BCUT2D eigenvalue weighted by atomic mass is 10.1. The summed E-state index contributed by atoms with van der Waals surface area (Å²) in [6.45, 7) is 4.06. The molecule has 0 saturated heterocycles. The molecule has 0 aliphatic carbocycles. The van der Waals surface area contributed by atoms with Gasteiger partial charge in [-0.3, -0.25) is 5.32 Å². The van der Waals surface area contributed by atoms with Crippen LogP contribution in [0.25, 0.3) is 0 Å². The zero-order valence-corrected chi connectivity index (χ0v) is 12.2. The van der Waals surface area contributed by atoms with E-state index in [1.165, 1.54) is 10.5 Å². The summed E-state index contributed by atoms with van der Waals surface area (Å²) in [5.41, 5.74) is 1.20. The molecule has 102 valence electrons. The molecule has 1 aromatic carbocycles. The van der Waals surface area contributed by atoms with E-state index in [0.717, 1.165) is 24.5 Å². The molecule has 0 spiro atoms. The lowest BCUT2D eigenvalue weighted by Crippen LogP contribution is -2.26. The lowest BCUT2D eigenvalue weighted by molar-refractivity contribution is 0.171. The summed E-state index contributed by atoms with van der Waals surface area (Å²) < 4.78 is 11.2. The van der Waals surface area contributed by atoms with Gasteiger partial charge in [0.1, 0.15) is 13.2 Å². The molecule has 0 bridgehead atoms. The second-order valence-electron chi connectivity index (χ2n) is 4.32. The van der Waals surface area contributed by atoms with Crippen molar-refractivity contribution in [1.29, 1.82) is 0 Å². The SMILES string of the molecule is C#CC(CC)NCc1cc2c(cc1SC)OCCO2. The van der Waals surface area contributed by atoms with Crippen LogP contribution in [0.15, 0.2) is 17.0 Å². The van der Waals surface area contributed by atoms with Crippen LogP contribution in [0.4, 0.5) is 0 Å². The molecule has 1 aliphatic rings. The maximum atomic E-state index is 5.62. The average Bonchev–Trinajstić information content (AvgIpc) is 2.47. The highest BCUT2D eigenvalue weighted by Gasteiger charge is 2.15. The third-order valence-electron chi connectivity index (χ3n) is 3.09. The fourth-order valence-corrected chi connectivity index (χ4v) is 2.61. The van der Waals surface area contributed by atoms with Crippen molar-refractivity contribution in [3.63, 3.8) is 0 Å². The van der Waals surface area contributed by atoms with Gasteiger partial charge >= 0.3 is 0 Å². The van der Waals surface area contributed by atoms with Crippen molar-refractivity contribution in [3.8, 4) is 23.8 Å². The van der Waals surface area contributed by atoms with E-state index in [0.29, 0.717) is 13.2 Å². The highest BCUT2D eigenvalue weighted by molar-refractivity contribution is 7.98. The highest BCUT2D eigenvalue weighted by Crippen LogP contribution is 2.36. The highest BCUT2D eigenvalue weighted by atomic mass is 32.2. The maximum absolute atomic E-state index is 5.62. The number of terminal acetylenes is 1. The van der Waals surface area contributed by atoms with Crippen LogP contribution >= 0.6 is 11.8 Å². The van der Waals surface area contributed by atoms with Crippen molar-refractivity contribution in [2.24, 2.45) is 0 Å². The van der Waals surface area contributed by atoms with Crippen molar-refractivity contribution in [2.45, 2.75) is 30.8 Å². The van der Waals surface area contributed by atoms with E-state index < -0.39 is 0 Å². The molecule has 0 aromatic heterocycles. The summed E-state index contributed by atoms with van der Waals surface area (Å²) in [5, 5.41) is 3.37. The molecule has 1 heterocycles. The molecule has 0 radical (unpaired) electrons. The van der Waals surface area contributed by atoms with Crippen LogP contribution < -0.4 is 14.8 Å². The Labute approximate surface area is 119 Å². The fraction of sp³-hybridized carbons (Fsp3) is 0.467. The number of benzene rings is 1. The number of rotatable bonds is 5. The molecule has 1 aliphatic heterocycles. The Hall–Kier alpha value is -1.31. The van der Waals surface area contributed by atoms with E-state index in [1.807, 2.05) is 6.07 Å². The van der Waals surface area contributed by atoms with Crippen molar-refractivity contribution >= 4 is 11.8 Å². The van der Waals surface area contributed by atoms with E-state index in [4.69, 9.17) is 15.9 Å². The van der Waals surface area contributed by atoms with Crippen LogP contribution in [0.1, 0.15) is 18.9 Å². The third-order valence-corrected chi connectivity index (χ3v) is 3.91. The van der Waals surface area contributed by atoms with Crippen molar-refractivity contribution in [3.05, 3.63) is 17.7 Å². The minimum Gasteiger partial charge on any atom is -0.486 e. The minimum absolute atomic E-state index is 0.114. The molecular formula is C15H19NO2S. The Balaban J connectivity index is 2.17. The van der Waals surface area contributed by atoms with Crippen molar-refractivity contribution in [2.75, 3.05) is 19.5 Å². The van der Waals surface area contributed by atoms with Crippen LogP contribution in [0.2, 0.25) is 0 Å². The second kappa shape index (κ2) is 6.74. The Morgan fingerprint density at radius 1 is 1.37 bits per heavy atom. The maximum Gasteiger partial charge on any atom is 0.162 e. The largest absolute Gasteiger partial charge is 0.486 e. The first kappa shape index (κ1) is 14.1. The summed E-state index contributed by atoms with van der Waals surface area (Å²) in [5.74, 6) is 4.41. The minimum atomic E-state index is 0.114.